The van der Waals surface area contributed by atoms with E-state index in [1.165, 1.54) is 10.6 Å². The van der Waals surface area contributed by atoms with Crippen molar-refractivity contribution in [1.82, 2.24) is 4.31 Å². The fourth-order valence-electron chi connectivity index (χ4n) is 2.76. The summed E-state index contributed by atoms with van der Waals surface area (Å²) in [6, 6.07) is 10.2. The summed E-state index contributed by atoms with van der Waals surface area (Å²) in [6.07, 6.45) is 0.654. The zero-order chi connectivity index (χ0) is 16.7. The Morgan fingerprint density at radius 3 is 2.48 bits per heavy atom. The topological polar surface area (TPSA) is 70.8 Å². The summed E-state index contributed by atoms with van der Waals surface area (Å²) in [6.45, 7) is 2.41. The summed E-state index contributed by atoms with van der Waals surface area (Å²) in [5.41, 5.74) is 0.436. The second kappa shape index (κ2) is 6.05. The van der Waals surface area contributed by atoms with Gasteiger partial charge in [0.1, 0.15) is 11.9 Å². The number of rotatable bonds is 5. The third kappa shape index (κ3) is 2.87. The maximum Gasteiger partial charge on any atom is 0.243 e. The van der Waals surface area contributed by atoms with Gasteiger partial charge in [-0.25, -0.2) is 8.42 Å². The van der Waals surface area contributed by atoms with Crippen LogP contribution in [0.4, 0.5) is 0 Å². The largest absolute Gasteiger partial charge is 0.467 e. The van der Waals surface area contributed by atoms with E-state index in [-0.39, 0.29) is 18.0 Å². The smallest absolute Gasteiger partial charge is 0.243 e. The van der Waals surface area contributed by atoms with E-state index in [0.717, 1.165) is 5.56 Å². The fraction of sp³-hybridized carbons (Fsp3) is 0.375. The molecule has 0 aliphatic carbocycles. The number of hydrogen-bond donors (Lipinski definition) is 1. The molecule has 1 atom stereocenters. The van der Waals surface area contributed by atoms with Crippen LogP contribution in [-0.2, 0) is 10.0 Å². The van der Waals surface area contributed by atoms with Gasteiger partial charge in [0.05, 0.1) is 11.2 Å². The molecule has 0 unspecified atom stereocenters. The number of furan rings is 1. The van der Waals surface area contributed by atoms with E-state index in [1.807, 2.05) is 6.92 Å². The molecular weight excluding hydrogens is 382 g/mol. The Balaban J connectivity index is 1.79. The van der Waals surface area contributed by atoms with Crippen molar-refractivity contribution in [3.05, 3.63) is 54.0 Å². The summed E-state index contributed by atoms with van der Waals surface area (Å²) in [5.74, 6) is 0.455. The molecule has 5 nitrogen and oxygen atoms in total. The second-order valence-electron chi connectivity index (χ2n) is 6.00. The Hall–Kier alpha value is -1.15. The lowest BCUT2D eigenvalue weighted by atomic mass is 9.77. The summed E-state index contributed by atoms with van der Waals surface area (Å²) in [7, 11) is -3.53. The van der Waals surface area contributed by atoms with Crippen molar-refractivity contribution in [2.45, 2.75) is 17.9 Å². The monoisotopic (exact) mass is 399 g/mol. The SMILES string of the molecule is Cc1ccc(S(=O)(=O)N2CC(CBr)([C@@H](O)c3ccco3)C2)cc1. The number of benzene rings is 1. The number of aliphatic hydroxyl groups excluding tert-OH is 1. The number of nitrogens with zero attached hydrogens (tertiary/aromatic N) is 1. The molecule has 7 heteroatoms. The van der Waals surface area contributed by atoms with Gasteiger partial charge in [0.25, 0.3) is 0 Å². The van der Waals surface area contributed by atoms with Gasteiger partial charge in [-0.1, -0.05) is 33.6 Å². The Morgan fingerprint density at radius 1 is 1.30 bits per heavy atom. The lowest BCUT2D eigenvalue weighted by Crippen LogP contribution is -2.61. The normalized spacial score (nSPS) is 19.3. The quantitative estimate of drug-likeness (QED) is 0.784. The Bertz CT molecular complexity index is 765. The molecule has 1 aromatic carbocycles. The number of sulfonamides is 1. The molecule has 2 aromatic rings. The van der Waals surface area contributed by atoms with Gasteiger partial charge >= 0.3 is 0 Å². The van der Waals surface area contributed by atoms with Gasteiger partial charge in [0.15, 0.2) is 0 Å². The van der Waals surface area contributed by atoms with Crippen molar-refractivity contribution in [1.29, 1.82) is 0 Å². The third-order valence-corrected chi connectivity index (χ3v) is 7.22. The van der Waals surface area contributed by atoms with Crippen molar-refractivity contribution in [3.63, 3.8) is 0 Å². The number of alkyl halides is 1. The molecule has 23 heavy (non-hydrogen) atoms. The van der Waals surface area contributed by atoms with Crippen LogP contribution in [0.1, 0.15) is 17.4 Å². The van der Waals surface area contributed by atoms with Crippen LogP contribution in [0.15, 0.2) is 52.0 Å². The van der Waals surface area contributed by atoms with Gasteiger partial charge in [-0.2, -0.15) is 4.31 Å². The van der Waals surface area contributed by atoms with E-state index in [1.54, 1.807) is 36.4 Å². The third-order valence-electron chi connectivity index (χ3n) is 4.30. The van der Waals surface area contributed by atoms with Crippen LogP contribution in [0.5, 0.6) is 0 Å². The van der Waals surface area contributed by atoms with E-state index >= 15 is 0 Å². The van der Waals surface area contributed by atoms with Gasteiger partial charge in [-0.05, 0) is 31.2 Å². The molecule has 0 amide bonds. The first-order valence-corrected chi connectivity index (χ1v) is 9.79. The van der Waals surface area contributed by atoms with Gasteiger partial charge in [0.2, 0.25) is 10.0 Å². The molecular formula is C16H18BrNO4S. The lowest BCUT2D eigenvalue weighted by Gasteiger charge is -2.50. The second-order valence-corrected chi connectivity index (χ2v) is 8.50. The zero-order valence-corrected chi connectivity index (χ0v) is 15.0. The fourth-order valence-corrected chi connectivity index (χ4v) is 5.06. The van der Waals surface area contributed by atoms with Crippen LogP contribution in [0.2, 0.25) is 0 Å². The highest BCUT2D eigenvalue weighted by Gasteiger charge is 2.53. The number of aliphatic hydroxyl groups is 1. The average Bonchev–Trinajstić information content (AvgIpc) is 3.01. The molecule has 0 saturated carbocycles. The molecule has 0 bridgehead atoms. The summed E-state index contributed by atoms with van der Waals surface area (Å²) in [4.78, 5) is 0.277. The van der Waals surface area contributed by atoms with Crippen molar-refractivity contribution >= 4 is 26.0 Å². The molecule has 1 fully saturated rings. The summed E-state index contributed by atoms with van der Waals surface area (Å²) < 4.78 is 31.9. The van der Waals surface area contributed by atoms with Gasteiger partial charge in [-0.3, -0.25) is 0 Å². The van der Waals surface area contributed by atoms with Gasteiger partial charge in [-0.15, -0.1) is 0 Å². The van der Waals surface area contributed by atoms with Crippen molar-refractivity contribution < 1.29 is 17.9 Å². The standard InChI is InChI=1S/C16H18BrNO4S/c1-12-4-6-13(7-5-12)23(20,21)18-10-16(9-17,11-18)15(19)14-3-2-8-22-14/h2-8,15,19H,9-11H2,1H3/t15-/m0/s1. The molecule has 1 saturated heterocycles. The minimum Gasteiger partial charge on any atom is -0.467 e. The number of aryl methyl sites for hydroxylation is 1. The van der Waals surface area contributed by atoms with Crippen LogP contribution < -0.4 is 0 Å². The maximum absolute atomic E-state index is 12.6. The Morgan fingerprint density at radius 2 is 1.96 bits per heavy atom. The van der Waals surface area contributed by atoms with E-state index in [9.17, 15) is 13.5 Å². The highest BCUT2D eigenvalue weighted by molar-refractivity contribution is 9.09. The van der Waals surface area contributed by atoms with E-state index < -0.39 is 21.5 Å². The minimum absolute atomic E-state index is 0.246. The van der Waals surface area contributed by atoms with Crippen LogP contribution >= 0.6 is 15.9 Å². The molecule has 1 aliphatic rings. The predicted molar refractivity (Wildman–Crippen MR) is 89.8 cm³/mol. The van der Waals surface area contributed by atoms with Gasteiger partial charge in [0, 0.05) is 23.8 Å². The molecule has 1 aromatic heterocycles. The number of hydrogen-bond acceptors (Lipinski definition) is 4. The van der Waals surface area contributed by atoms with Crippen molar-refractivity contribution in [3.8, 4) is 0 Å². The molecule has 3 rings (SSSR count). The van der Waals surface area contributed by atoms with Gasteiger partial charge < -0.3 is 9.52 Å². The van der Waals surface area contributed by atoms with Crippen molar-refractivity contribution in [2.24, 2.45) is 5.41 Å². The first-order chi connectivity index (χ1) is 10.9. The first-order valence-electron chi connectivity index (χ1n) is 7.23. The molecule has 0 spiro atoms. The highest BCUT2D eigenvalue weighted by Crippen LogP contribution is 2.45. The van der Waals surface area contributed by atoms with Crippen molar-refractivity contribution in [2.75, 3.05) is 18.4 Å². The highest BCUT2D eigenvalue weighted by atomic mass is 79.9. The first kappa shape index (κ1) is 16.7. The molecule has 2 heterocycles. The van der Waals surface area contributed by atoms with Crippen LogP contribution in [0.25, 0.3) is 0 Å². The lowest BCUT2D eigenvalue weighted by molar-refractivity contribution is -0.0512. The maximum atomic E-state index is 12.6. The predicted octanol–water partition coefficient (Wildman–Crippen LogP) is 2.71. The molecule has 1 N–H and O–H groups in total. The molecule has 1 aliphatic heterocycles. The molecule has 124 valence electrons. The Kier molecular flexibility index (Phi) is 4.39. The van der Waals surface area contributed by atoms with E-state index in [2.05, 4.69) is 15.9 Å². The molecule has 0 radical (unpaired) electrons. The van der Waals surface area contributed by atoms with E-state index in [0.29, 0.717) is 11.1 Å². The summed E-state index contributed by atoms with van der Waals surface area (Å²) >= 11 is 3.41. The Labute approximate surface area is 144 Å². The zero-order valence-electron chi connectivity index (χ0n) is 12.6. The average molecular weight is 400 g/mol. The van der Waals surface area contributed by atoms with Crippen LogP contribution in [0, 0.1) is 12.3 Å². The minimum atomic E-state index is -3.53. The van der Waals surface area contributed by atoms with Crippen LogP contribution in [-0.4, -0.2) is 36.2 Å². The number of halogens is 1. The van der Waals surface area contributed by atoms with E-state index in [4.69, 9.17) is 4.42 Å². The summed E-state index contributed by atoms with van der Waals surface area (Å²) in [5, 5.41) is 11.0. The van der Waals surface area contributed by atoms with Crippen LogP contribution in [0.3, 0.4) is 0 Å².